The predicted octanol–water partition coefficient (Wildman–Crippen LogP) is 4.41. The first-order chi connectivity index (χ1) is 18.4. The van der Waals surface area contributed by atoms with Crippen molar-refractivity contribution in [3.8, 4) is 11.3 Å². The molecule has 39 heavy (non-hydrogen) atoms. The molecule has 0 bridgehead atoms. The highest BCUT2D eigenvalue weighted by Crippen LogP contribution is 2.65. The normalized spacial score (nSPS) is 26.9. The average Bonchev–Trinajstić information content (AvgIpc) is 3.10. The van der Waals surface area contributed by atoms with Gasteiger partial charge in [-0.25, -0.2) is 9.97 Å². The van der Waals surface area contributed by atoms with Crippen LogP contribution in [0.5, 0.6) is 0 Å². The zero-order chi connectivity index (χ0) is 27.9. The predicted molar refractivity (Wildman–Crippen MR) is 143 cm³/mol. The first-order valence-electron chi connectivity index (χ1n) is 13.3. The number of fused-ring (bicyclic) bond motifs is 2. The molecule has 3 aliphatic rings. The summed E-state index contributed by atoms with van der Waals surface area (Å²) in [7, 11) is 0. The molecule has 0 radical (unpaired) electrons. The minimum atomic E-state index is -4.49. The zero-order valence-electron chi connectivity index (χ0n) is 22.3. The van der Waals surface area contributed by atoms with E-state index in [0.29, 0.717) is 33.6 Å². The molecule has 4 atom stereocenters. The second kappa shape index (κ2) is 9.22. The molecular weight excluding hydrogens is 527 g/mol. The van der Waals surface area contributed by atoms with Gasteiger partial charge >= 0.3 is 6.18 Å². The first-order valence-corrected chi connectivity index (χ1v) is 14.1. The van der Waals surface area contributed by atoms with Crippen LogP contribution in [-0.4, -0.2) is 62.7 Å². The fourth-order valence-electron chi connectivity index (χ4n) is 6.44. The highest BCUT2D eigenvalue weighted by atomic mass is 32.1. The molecule has 6 rings (SSSR count). The molecule has 208 valence electrons. The van der Waals surface area contributed by atoms with Gasteiger partial charge in [-0.3, -0.25) is 9.69 Å². The molecule has 7 nitrogen and oxygen atoms in total. The quantitative estimate of drug-likeness (QED) is 0.482. The van der Waals surface area contributed by atoms with Crippen LogP contribution in [0.25, 0.3) is 21.5 Å². The molecule has 0 spiro atoms. The number of aryl methyl sites for hydroxylation is 1. The Morgan fingerprint density at radius 1 is 1.21 bits per heavy atom. The molecule has 2 aromatic heterocycles. The summed E-state index contributed by atoms with van der Waals surface area (Å²) < 4.78 is 42.4. The number of hydrogen-bond acceptors (Lipinski definition) is 7. The summed E-state index contributed by atoms with van der Waals surface area (Å²) in [4.78, 5) is 26.4. The van der Waals surface area contributed by atoms with Gasteiger partial charge in [0.25, 0.3) is 0 Å². The lowest BCUT2D eigenvalue weighted by atomic mass is 9.94. The van der Waals surface area contributed by atoms with Crippen molar-refractivity contribution in [2.75, 3.05) is 19.6 Å². The minimum absolute atomic E-state index is 0.0535. The molecular formula is C28H32F3N5O2S. The smallest absolute Gasteiger partial charge is 0.373 e. The number of carbonyl (C=O) groups is 1. The zero-order valence-corrected chi connectivity index (χ0v) is 23.2. The van der Waals surface area contributed by atoms with E-state index >= 15 is 0 Å². The first kappa shape index (κ1) is 26.6. The van der Waals surface area contributed by atoms with Crippen molar-refractivity contribution < 1.29 is 23.1 Å². The van der Waals surface area contributed by atoms with Gasteiger partial charge in [0.2, 0.25) is 5.91 Å². The summed E-state index contributed by atoms with van der Waals surface area (Å²) in [5, 5.41) is 14.1. The maximum atomic E-state index is 13.9. The number of aliphatic hydroxyl groups is 1. The molecule has 2 aliphatic heterocycles. The van der Waals surface area contributed by atoms with E-state index in [9.17, 15) is 23.1 Å². The van der Waals surface area contributed by atoms with Crippen molar-refractivity contribution in [3.63, 3.8) is 0 Å². The van der Waals surface area contributed by atoms with Gasteiger partial charge in [0.15, 0.2) is 0 Å². The summed E-state index contributed by atoms with van der Waals surface area (Å²) in [5.41, 5.74) is 2.02. The minimum Gasteiger partial charge on any atom is -0.373 e. The highest BCUT2D eigenvalue weighted by molar-refractivity contribution is 7.19. The topological polar surface area (TPSA) is 81.6 Å². The number of benzene rings is 1. The number of rotatable bonds is 5. The number of nitrogens with zero attached hydrogens (tertiary/aromatic N) is 4. The molecule has 1 aliphatic carbocycles. The standard InChI is InChI=1S/C28H32F3N5O2S/c1-14-7-16(28(29,30)31)8-18(19(14)12-35-6-5-32-10-15(35)2)23-24-20(33-13-34-23)9-17(39-24)11-36-25(37)21-22(26(36)38)27(21,3)4/h7-9,13,15,21-22,25,32,37H,5-6,10-12H2,1-4H3/t15-,21?,22?,25?/m0/s1. The summed E-state index contributed by atoms with van der Waals surface area (Å²) >= 11 is 1.37. The fraction of sp³-hybridized carbons (Fsp3) is 0.536. The van der Waals surface area contributed by atoms with Gasteiger partial charge in [-0.05, 0) is 48.6 Å². The van der Waals surface area contributed by atoms with Crippen molar-refractivity contribution in [3.05, 3.63) is 46.1 Å². The lowest BCUT2D eigenvalue weighted by Crippen LogP contribution is -2.49. The molecule has 1 aromatic carbocycles. The summed E-state index contributed by atoms with van der Waals surface area (Å²) in [6.07, 6.45) is -3.95. The number of hydrogen-bond donors (Lipinski definition) is 2. The van der Waals surface area contributed by atoms with Crippen molar-refractivity contribution >= 4 is 27.5 Å². The lowest BCUT2D eigenvalue weighted by molar-refractivity contribution is -0.140. The Kier molecular flexibility index (Phi) is 6.29. The number of piperazine rings is 1. The molecule has 4 heterocycles. The van der Waals surface area contributed by atoms with Crippen LogP contribution in [0.2, 0.25) is 0 Å². The van der Waals surface area contributed by atoms with E-state index in [1.54, 1.807) is 6.92 Å². The number of nitrogens with one attached hydrogen (secondary N) is 1. The van der Waals surface area contributed by atoms with Crippen LogP contribution in [0, 0.1) is 24.2 Å². The third-order valence-electron chi connectivity index (χ3n) is 8.84. The second-order valence-corrected chi connectivity index (χ2v) is 12.8. The van der Waals surface area contributed by atoms with E-state index in [4.69, 9.17) is 0 Å². The highest BCUT2D eigenvalue weighted by Gasteiger charge is 2.71. The van der Waals surface area contributed by atoms with Crippen LogP contribution < -0.4 is 5.32 Å². The van der Waals surface area contributed by atoms with E-state index < -0.39 is 18.0 Å². The Morgan fingerprint density at radius 3 is 2.64 bits per heavy atom. The molecule has 1 saturated carbocycles. The van der Waals surface area contributed by atoms with E-state index in [-0.39, 0.29) is 35.7 Å². The largest absolute Gasteiger partial charge is 0.416 e. The summed E-state index contributed by atoms with van der Waals surface area (Å²) in [6, 6.07) is 4.52. The van der Waals surface area contributed by atoms with E-state index in [1.807, 2.05) is 19.9 Å². The third kappa shape index (κ3) is 4.43. The van der Waals surface area contributed by atoms with E-state index in [1.165, 1.54) is 34.7 Å². The Balaban J connectivity index is 1.40. The van der Waals surface area contributed by atoms with Crippen molar-refractivity contribution in [2.45, 2.75) is 59.2 Å². The Hall–Kier alpha value is -2.60. The Bertz CT molecular complexity index is 1450. The number of thiophene rings is 1. The van der Waals surface area contributed by atoms with Gasteiger partial charge in [-0.2, -0.15) is 13.2 Å². The van der Waals surface area contributed by atoms with Gasteiger partial charge < -0.3 is 15.3 Å². The number of halogens is 3. The van der Waals surface area contributed by atoms with Crippen LogP contribution in [-0.2, 0) is 24.1 Å². The SMILES string of the molecule is Cc1cc(C(F)(F)F)cc(-c2ncnc3cc(CN4C(=O)C5C(C4O)C5(C)C)sc23)c1CN1CCNC[C@@H]1C. The third-order valence-corrected chi connectivity index (χ3v) is 9.96. The van der Waals surface area contributed by atoms with Gasteiger partial charge in [-0.15, -0.1) is 11.3 Å². The number of aliphatic hydroxyl groups excluding tert-OH is 1. The van der Waals surface area contributed by atoms with Crippen molar-refractivity contribution in [2.24, 2.45) is 17.3 Å². The number of carbonyl (C=O) groups excluding carboxylic acids is 1. The van der Waals surface area contributed by atoms with Crippen LogP contribution >= 0.6 is 11.3 Å². The molecule has 3 aromatic rings. The number of amides is 1. The maximum Gasteiger partial charge on any atom is 0.416 e. The monoisotopic (exact) mass is 559 g/mol. The van der Waals surface area contributed by atoms with Gasteiger partial charge in [-0.1, -0.05) is 13.8 Å². The van der Waals surface area contributed by atoms with Gasteiger partial charge in [0.05, 0.1) is 33.9 Å². The average molecular weight is 560 g/mol. The van der Waals surface area contributed by atoms with Gasteiger partial charge in [0.1, 0.15) is 12.6 Å². The summed E-state index contributed by atoms with van der Waals surface area (Å²) in [6.45, 7) is 11.0. The molecule has 11 heteroatoms. The van der Waals surface area contributed by atoms with Crippen LogP contribution in [0.4, 0.5) is 13.2 Å². The summed E-state index contributed by atoms with van der Waals surface area (Å²) in [5.74, 6) is -0.291. The number of alkyl halides is 3. The van der Waals surface area contributed by atoms with E-state index in [2.05, 4.69) is 27.1 Å². The number of likely N-dealkylation sites (tertiary alicyclic amines) is 1. The lowest BCUT2D eigenvalue weighted by Gasteiger charge is -2.35. The van der Waals surface area contributed by atoms with Crippen LogP contribution in [0.1, 0.15) is 42.3 Å². The molecule has 3 fully saturated rings. The van der Waals surface area contributed by atoms with Crippen LogP contribution in [0.3, 0.4) is 0 Å². The molecule has 3 unspecified atom stereocenters. The van der Waals surface area contributed by atoms with Crippen LogP contribution in [0.15, 0.2) is 24.5 Å². The maximum absolute atomic E-state index is 13.9. The number of piperidine rings is 1. The molecule has 2 N–H and O–H groups in total. The molecule has 2 saturated heterocycles. The van der Waals surface area contributed by atoms with Gasteiger partial charge in [0, 0.05) is 48.6 Å². The van der Waals surface area contributed by atoms with Crippen molar-refractivity contribution in [1.29, 1.82) is 0 Å². The van der Waals surface area contributed by atoms with E-state index in [0.717, 1.165) is 30.1 Å². The number of aromatic nitrogens is 2. The second-order valence-electron chi connectivity index (χ2n) is 11.7. The fourth-order valence-corrected chi connectivity index (χ4v) is 7.56. The Labute approximate surface area is 229 Å². The van der Waals surface area contributed by atoms with Crippen molar-refractivity contribution in [1.82, 2.24) is 25.1 Å². The Morgan fingerprint density at radius 2 is 1.97 bits per heavy atom. The molecule has 1 amide bonds.